The van der Waals surface area contributed by atoms with Crippen LogP contribution in [0.5, 0.6) is 0 Å². The maximum absolute atomic E-state index is 12.2. The molecule has 0 bridgehead atoms. The second kappa shape index (κ2) is 2.71. The van der Waals surface area contributed by atoms with Gasteiger partial charge in [0.05, 0.1) is 19.5 Å². The van der Waals surface area contributed by atoms with Crippen LogP contribution >= 0.6 is 0 Å². The van der Waals surface area contributed by atoms with Crippen molar-refractivity contribution in [2.24, 2.45) is 5.41 Å². The average molecular weight is 182 g/mol. The second-order valence-electron chi connectivity index (χ2n) is 3.00. The molecule has 0 aromatic rings. The summed E-state index contributed by atoms with van der Waals surface area (Å²) in [5.41, 5.74) is -0.602. The zero-order valence-corrected chi connectivity index (χ0v) is 7.16. The first-order valence-electron chi connectivity index (χ1n) is 3.38. The molecule has 1 fully saturated rings. The highest BCUT2D eigenvalue weighted by molar-refractivity contribution is 7.86. The Balaban J connectivity index is 2.55. The Kier molecular flexibility index (Phi) is 2.20. The van der Waals surface area contributed by atoms with Crippen molar-refractivity contribution in [3.63, 3.8) is 0 Å². The molecule has 1 aliphatic rings. The van der Waals surface area contributed by atoms with Crippen molar-refractivity contribution in [3.05, 3.63) is 0 Å². The van der Waals surface area contributed by atoms with Crippen LogP contribution < -0.4 is 0 Å². The lowest BCUT2D eigenvalue weighted by molar-refractivity contribution is 0.343. The summed E-state index contributed by atoms with van der Waals surface area (Å²) >= 11 is 0. The molecule has 11 heavy (non-hydrogen) atoms. The van der Waals surface area contributed by atoms with Gasteiger partial charge in [0.25, 0.3) is 10.1 Å². The van der Waals surface area contributed by atoms with Crippen LogP contribution in [0.25, 0.3) is 0 Å². The highest BCUT2D eigenvalue weighted by atomic mass is 32.2. The molecule has 0 radical (unpaired) electrons. The molecule has 1 rings (SSSR count). The average Bonchev–Trinajstić information content (AvgIpc) is 2.69. The van der Waals surface area contributed by atoms with Crippen molar-refractivity contribution in [2.45, 2.75) is 12.8 Å². The Morgan fingerprint density at radius 3 is 2.36 bits per heavy atom. The molecule has 1 aliphatic carbocycles. The van der Waals surface area contributed by atoms with Gasteiger partial charge in [-0.25, -0.2) is 0 Å². The zero-order chi connectivity index (χ0) is 8.54. The smallest absolute Gasteiger partial charge is 0.267 e. The van der Waals surface area contributed by atoms with Crippen LogP contribution in [0.15, 0.2) is 0 Å². The minimum Gasteiger partial charge on any atom is -0.273 e. The monoisotopic (exact) mass is 182 g/mol. The normalized spacial score (nSPS) is 21.6. The van der Waals surface area contributed by atoms with Gasteiger partial charge in [0.2, 0.25) is 0 Å². The first kappa shape index (κ1) is 8.93. The van der Waals surface area contributed by atoms with Gasteiger partial charge in [-0.15, -0.1) is 0 Å². The quantitative estimate of drug-likeness (QED) is 0.601. The van der Waals surface area contributed by atoms with Crippen LogP contribution in [0.2, 0.25) is 0 Å². The predicted molar refractivity (Wildman–Crippen MR) is 38.4 cm³/mol. The molecule has 0 aliphatic heterocycles. The van der Waals surface area contributed by atoms with Crippen molar-refractivity contribution < 1.29 is 17.0 Å². The highest BCUT2D eigenvalue weighted by Gasteiger charge is 2.46. The number of rotatable bonds is 4. The Hall–Kier alpha value is -0.160. The number of hydrogen-bond acceptors (Lipinski definition) is 3. The van der Waals surface area contributed by atoms with Crippen LogP contribution in [0.3, 0.4) is 0 Å². The summed E-state index contributed by atoms with van der Waals surface area (Å²) in [6, 6.07) is 0. The minimum atomic E-state index is -3.47. The van der Waals surface area contributed by atoms with Gasteiger partial charge in [0.1, 0.15) is 0 Å². The molecule has 0 saturated heterocycles. The summed E-state index contributed by atoms with van der Waals surface area (Å²) in [7, 11) is -2.37. The van der Waals surface area contributed by atoms with Crippen molar-refractivity contribution >= 4 is 10.1 Å². The lowest BCUT2D eigenvalue weighted by Gasteiger charge is -2.08. The fourth-order valence-electron chi connectivity index (χ4n) is 0.927. The van der Waals surface area contributed by atoms with E-state index < -0.39 is 22.2 Å². The van der Waals surface area contributed by atoms with E-state index in [0.717, 1.165) is 7.11 Å². The molecule has 66 valence electrons. The van der Waals surface area contributed by atoms with Crippen molar-refractivity contribution in [1.82, 2.24) is 0 Å². The van der Waals surface area contributed by atoms with E-state index in [-0.39, 0.29) is 5.75 Å². The molecular weight excluding hydrogens is 171 g/mol. The fraction of sp³-hybridized carbons (Fsp3) is 1.00. The Morgan fingerprint density at radius 2 is 2.09 bits per heavy atom. The van der Waals surface area contributed by atoms with Crippen molar-refractivity contribution in [3.8, 4) is 0 Å². The molecular formula is C6H11FO3S. The molecule has 0 aromatic carbocycles. The summed E-state index contributed by atoms with van der Waals surface area (Å²) in [5.74, 6) is -0.174. The number of hydrogen-bond donors (Lipinski definition) is 0. The molecule has 0 aromatic heterocycles. The van der Waals surface area contributed by atoms with E-state index in [0.29, 0.717) is 12.8 Å². The van der Waals surface area contributed by atoms with Gasteiger partial charge >= 0.3 is 0 Å². The van der Waals surface area contributed by atoms with E-state index in [1.807, 2.05) is 0 Å². The van der Waals surface area contributed by atoms with E-state index in [9.17, 15) is 12.8 Å². The predicted octanol–water partition coefficient (Wildman–Crippen LogP) is 0.712. The summed E-state index contributed by atoms with van der Waals surface area (Å²) in [4.78, 5) is 0. The fourth-order valence-corrected chi connectivity index (χ4v) is 2.16. The third kappa shape index (κ3) is 2.13. The highest BCUT2D eigenvalue weighted by Crippen LogP contribution is 2.47. The second-order valence-corrected chi connectivity index (χ2v) is 4.74. The van der Waals surface area contributed by atoms with Gasteiger partial charge in [-0.2, -0.15) is 8.42 Å². The molecule has 1 saturated carbocycles. The summed E-state index contributed by atoms with van der Waals surface area (Å²) in [6.45, 7) is -0.560. The van der Waals surface area contributed by atoms with Gasteiger partial charge in [-0.1, -0.05) is 0 Å². The summed E-state index contributed by atoms with van der Waals surface area (Å²) in [5, 5.41) is 0. The van der Waals surface area contributed by atoms with Gasteiger partial charge in [-0.3, -0.25) is 8.57 Å². The molecule has 0 unspecified atom stereocenters. The van der Waals surface area contributed by atoms with Crippen LogP contribution in [0.1, 0.15) is 12.8 Å². The van der Waals surface area contributed by atoms with E-state index in [1.165, 1.54) is 0 Å². The topological polar surface area (TPSA) is 43.4 Å². The number of alkyl halides is 1. The lowest BCUT2D eigenvalue weighted by atomic mass is 10.2. The van der Waals surface area contributed by atoms with Gasteiger partial charge in [-0.05, 0) is 12.8 Å². The SMILES string of the molecule is COS(=O)(=O)CC1(CF)CC1. The Morgan fingerprint density at radius 1 is 1.55 bits per heavy atom. The number of halogens is 1. The van der Waals surface area contributed by atoms with E-state index >= 15 is 0 Å². The zero-order valence-electron chi connectivity index (χ0n) is 6.34. The first-order chi connectivity index (χ1) is 5.04. The molecule has 5 heteroatoms. The maximum Gasteiger partial charge on any atom is 0.267 e. The summed E-state index contributed by atoms with van der Waals surface area (Å²) in [6.07, 6.45) is 1.32. The van der Waals surface area contributed by atoms with Gasteiger partial charge < -0.3 is 0 Å². The van der Waals surface area contributed by atoms with Crippen LogP contribution in [-0.4, -0.2) is 28.0 Å². The van der Waals surface area contributed by atoms with Crippen LogP contribution in [0.4, 0.5) is 4.39 Å². The molecule has 0 amide bonds. The molecule has 3 nitrogen and oxygen atoms in total. The van der Waals surface area contributed by atoms with E-state index in [1.54, 1.807) is 0 Å². The van der Waals surface area contributed by atoms with Crippen molar-refractivity contribution in [1.29, 1.82) is 0 Å². The van der Waals surface area contributed by atoms with Gasteiger partial charge in [0, 0.05) is 5.41 Å². The Labute approximate surface area is 65.7 Å². The molecule has 0 atom stereocenters. The van der Waals surface area contributed by atoms with Crippen LogP contribution in [-0.2, 0) is 14.3 Å². The molecule has 0 spiro atoms. The van der Waals surface area contributed by atoms with E-state index in [2.05, 4.69) is 4.18 Å². The molecule has 0 N–H and O–H groups in total. The third-order valence-electron chi connectivity index (χ3n) is 1.98. The maximum atomic E-state index is 12.2. The van der Waals surface area contributed by atoms with E-state index in [4.69, 9.17) is 0 Å². The lowest BCUT2D eigenvalue weighted by Crippen LogP contribution is -2.19. The standard InChI is InChI=1S/C6H11FO3S/c1-10-11(8,9)5-6(4-7)2-3-6/h2-5H2,1H3. The Bertz CT molecular complexity index is 230. The summed E-state index contributed by atoms with van der Waals surface area (Å²) < 4.78 is 38.1. The largest absolute Gasteiger partial charge is 0.273 e. The molecule has 0 heterocycles. The van der Waals surface area contributed by atoms with Crippen molar-refractivity contribution in [2.75, 3.05) is 19.5 Å². The minimum absolute atomic E-state index is 0.174. The van der Waals surface area contributed by atoms with Gasteiger partial charge in [0.15, 0.2) is 0 Å². The third-order valence-corrected chi connectivity index (χ3v) is 3.45. The van der Waals surface area contributed by atoms with Crippen LogP contribution in [0, 0.1) is 5.41 Å². The first-order valence-corrected chi connectivity index (χ1v) is 4.96.